The van der Waals surface area contributed by atoms with Gasteiger partial charge in [0.05, 0.1) is 30.0 Å². The minimum Gasteiger partial charge on any atom is -0.508 e. The molecule has 2 aromatic heterocycles. The predicted octanol–water partition coefficient (Wildman–Crippen LogP) is 4.69. The average Bonchev–Trinajstić information content (AvgIpc) is 3.82. The van der Waals surface area contributed by atoms with Gasteiger partial charge in [0.15, 0.2) is 5.69 Å². The fourth-order valence-electron chi connectivity index (χ4n) is 10.5. The summed E-state index contributed by atoms with van der Waals surface area (Å²) in [6.07, 6.45) is 4.60. The highest BCUT2D eigenvalue weighted by molar-refractivity contribution is 5.98. The summed E-state index contributed by atoms with van der Waals surface area (Å²) in [4.78, 5) is 34.8. The van der Waals surface area contributed by atoms with Crippen LogP contribution >= 0.6 is 0 Å². The van der Waals surface area contributed by atoms with E-state index in [0.29, 0.717) is 81.9 Å². The number of hydrogen-bond donors (Lipinski definition) is 1. The Bertz CT molecular complexity index is 2170. The number of carbonyl (C=O) groups is 1. The lowest BCUT2D eigenvalue weighted by molar-refractivity contribution is -0.0406. The molecule has 9 heterocycles. The van der Waals surface area contributed by atoms with Gasteiger partial charge in [-0.3, -0.25) is 19.3 Å². The number of nitrogens with zero attached hydrogens (tertiary/aromatic N) is 9. The average molecular weight is 754 g/mol. The number of aromatic nitrogens is 4. The molecule has 1 N–H and O–H groups in total. The van der Waals surface area contributed by atoms with Gasteiger partial charge in [-0.25, -0.2) is 8.78 Å². The van der Waals surface area contributed by atoms with Crippen molar-refractivity contribution in [2.24, 2.45) is 0 Å². The number of fused-ring (bicyclic) bond motifs is 6. The fraction of sp³-hybridized carbons (Fsp3) is 0.561. The lowest BCUT2D eigenvalue weighted by Gasteiger charge is -2.54. The Balaban J connectivity index is 0.985. The number of carbonyl (C=O) groups excluding carboxylic acids is 1. The van der Waals surface area contributed by atoms with Crippen LogP contribution in [0.2, 0.25) is 0 Å². The molecule has 7 aliphatic rings. The third-order valence-corrected chi connectivity index (χ3v) is 13.5. The molecule has 0 saturated carbocycles. The van der Waals surface area contributed by atoms with Crippen molar-refractivity contribution in [3.8, 4) is 11.8 Å². The number of benzene rings is 2. The van der Waals surface area contributed by atoms with Crippen LogP contribution in [0.15, 0.2) is 30.3 Å². The van der Waals surface area contributed by atoms with Crippen LogP contribution in [-0.2, 0) is 32.5 Å². The molecule has 11 rings (SSSR count). The Hall–Kier alpha value is -4.56. The second-order valence-electron chi connectivity index (χ2n) is 16.7. The van der Waals surface area contributed by atoms with Crippen molar-refractivity contribution in [2.45, 2.75) is 95.3 Å². The quantitative estimate of drug-likeness (QED) is 0.286. The van der Waals surface area contributed by atoms with Crippen LogP contribution in [0.5, 0.6) is 11.8 Å². The first kappa shape index (κ1) is 34.9. The molecule has 0 spiro atoms. The van der Waals surface area contributed by atoms with E-state index in [1.165, 1.54) is 6.07 Å². The first-order chi connectivity index (χ1) is 26.7. The molecular formula is C41H49F2N9O3. The highest BCUT2D eigenvalue weighted by atomic mass is 19.1. The molecule has 1 amide bonds. The molecule has 55 heavy (non-hydrogen) atoms. The van der Waals surface area contributed by atoms with Crippen molar-refractivity contribution in [2.75, 3.05) is 62.7 Å². The van der Waals surface area contributed by atoms with E-state index in [-0.39, 0.29) is 29.0 Å². The van der Waals surface area contributed by atoms with Gasteiger partial charge in [-0.15, -0.1) is 0 Å². The largest absolute Gasteiger partial charge is 0.508 e. The summed E-state index contributed by atoms with van der Waals surface area (Å²) in [6, 6.07) is 9.70. The van der Waals surface area contributed by atoms with Gasteiger partial charge in [0.1, 0.15) is 30.2 Å². The molecular weight excluding hydrogens is 705 g/mol. The van der Waals surface area contributed by atoms with Gasteiger partial charge < -0.3 is 24.5 Å². The Morgan fingerprint density at radius 1 is 1.02 bits per heavy atom. The van der Waals surface area contributed by atoms with E-state index in [4.69, 9.17) is 19.8 Å². The zero-order valence-electron chi connectivity index (χ0n) is 31.7. The standard InChI is InChI=1S/C41H49F2N9O3/c1-3-31-33(43)7-6-25-14-30(53)17-36(37(25)31)48-13-8-32-35(23-48)44-40(55-24-41-9-4-11-51(41)19-26(42)18-41)45-38(32)49-10-5-12-52-29(22-49)16-34(46-52)39(54)50-20-27-15-28(21-50)47(27)2/h6-7,14,16-17,26-28,53H,3-5,8-13,15,18-24H2,1-2H3/t26-,27?,28?,41+/m1/s1. The Labute approximate surface area is 319 Å². The van der Waals surface area contributed by atoms with Gasteiger partial charge in [-0.1, -0.05) is 13.0 Å². The summed E-state index contributed by atoms with van der Waals surface area (Å²) in [5, 5.41) is 17.2. The Morgan fingerprint density at radius 3 is 2.69 bits per heavy atom. The summed E-state index contributed by atoms with van der Waals surface area (Å²) in [6.45, 7) is 8.05. The topological polar surface area (TPSA) is 106 Å². The van der Waals surface area contributed by atoms with E-state index in [9.17, 15) is 14.3 Å². The highest BCUT2D eigenvalue weighted by Crippen LogP contribution is 2.42. The van der Waals surface area contributed by atoms with Crippen LogP contribution in [0.25, 0.3) is 10.8 Å². The van der Waals surface area contributed by atoms with Crippen molar-refractivity contribution < 1.29 is 23.4 Å². The van der Waals surface area contributed by atoms with Crippen LogP contribution < -0.4 is 14.5 Å². The lowest BCUT2D eigenvalue weighted by Crippen LogP contribution is -2.67. The van der Waals surface area contributed by atoms with Gasteiger partial charge >= 0.3 is 6.01 Å². The number of aryl methyl sites for hydroxylation is 2. The molecule has 5 fully saturated rings. The van der Waals surface area contributed by atoms with E-state index < -0.39 is 6.17 Å². The number of alkyl halides is 1. The van der Waals surface area contributed by atoms with Gasteiger partial charge in [-0.05, 0) is 81.3 Å². The van der Waals surface area contributed by atoms with E-state index >= 15 is 4.39 Å². The second kappa shape index (κ2) is 13.3. The van der Waals surface area contributed by atoms with Gasteiger partial charge in [0, 0.05) is 80.5 Å². The van der Waals surface area contributed by atoms with Gasteiger partial charge in [0.25, 0.3) is 5.91 Å². The van der Waals surface area contributed by atoms with Crippen molar-refractivity contribution in [1.82, 2.24) is 34.4 Å². The molecule has 2 aromatic carbocycles. The number of rotatable bonds is 7. The van der Waals surface area contributed by atoms with Gasteiger partial charge in [0.2, 0.25) is 0 Å². The lowest BCUT2D eigenvalue weighted by atomic mass is 9.88. The van der Waals surface area contributed by atoms with Gasteiger partial charge in [-0.2, -0.15) is 15.1 Å². The predicted molar refractivity (Wildman–Crippen MR) is 204 cm³/mol. The fourth-order valence-corrected chi connectivity index (χ4v) is 10.5. The molecule has 290 valence electrons. The number of anilines is 2. The minimum atomic E-state index is -0.868. The highest BCUT2D eigenvalue weighted by Gasteiger charge is 2.49. The molecule has 0 aliphatic carbocycles. The van der Waals surface area contributed by atoms with E-state index in [0.717, 1.165) is 91.1 Å². The van der Waals surface area contributed by atoms with Crippen molar-refractivity contribution in [3.05, 3.63) is 64.4 Å². The van der Waals surface area contributed by atoms with Crippen LogP contribution in [0.3, 0.4) is 0 Å². The minimum absolute atomic E-state index is 0.00142. The first-order valence-electron chi connectivity index (χ1n) is 20.1. The summed E-state index contributed by atoms with van der Waals surface area (Å²) in [5.41, 5.74) is 4.35. The third kappa shape index (κ3) is 5.89. The molecule has 4 atom stereocenters. The maximum atomic E-state index is 15.2. The number of likely N-dealkylation sites (N-methyl/N-ethyl adjacent to an activating group) is 1. The van der Waals surface area contributed by atoms with Crippen LogP contribution in [0, 0.1) is 5.82 Å². The summed E-state index contributed by atoms with van der Waals surface area (Å²) < 4.78 is 38.4. The number of phenols is 1. The normalized spacial score (nSPS) is 26.5. The number of piperidine rings is 1. The number of amides is 1. The monoisotopic (exact) mass is 753 g/mol. The SMILES string of the molecule is CCc1c(F)ccc2cc(O)cc(N3CCc4c(nc(OC[C@@]56CCCN5C[C@H](F)C6)nc4N4CCCn5nc(C(=O)N6CC7CC(C6)N7C)cc5C4)C3)c12. The molecule has 2 bridgehead atoms. The first-order valence-corrected chi connectivity index (χ1v) is 20.1. The molecule has 14 heteroatoms. The van der Waals surface area contributed by atoms with Crippen LogP contribution in [0.4, 0.5) is 20.3 Å². The molecule has 7 aliphatic heterocycles. The van der Waals surface area contributed by atoms with Crippen LogP contribution in [-0.4, -0.2) is 122 Å². The summed E-state index contributed by atoms with van der Waals surface area (Å²) in [7, 11) is 2.14. The number of aromatic hydroxyl groups is 1. The maximum absolute atomic E-state index is 15.2. The Kier molecular flexibility index (Phi) is 8.43. The number of piperazine rings is 1. The smallest absolute Gasteiger partial charge is 0.318 e. The number of ether oxygens (including phenoxy) is 1. The molecule has 12 nitrogen and oxygen atoms in total. The Morgan fingerprint density at radius 2 is 1.87 bits per heavy atom. The third-order valence-electron chi connectivity index (χ3n) is 13.5. The van der Waals surface area contributed by atoms with E-state index in [1.54, 1.807) is 18.2 Å². The molecule has 2 unspecified atom stereocenters. The number of phenolic OH excluding ortho intramolecular Hbond substituents is 1. The summed E-state index contributed by atoms with van der Waals surface area (Å²) in [5.74, 6) is 0.671. The zero-order valence-corrected chi connectivity index (χ0v) is 31.7. The molecule has 5 saturated heterocycles. The molecule has 0 radical (unpaired) electrons. The number of halogens is 2. The van der Waals surface area contributed by atoms with Crippen molar-refractivity contribution in [3.63, 3.8) is 0 Å². The zero-order chi connectivity index (χ0) is 37.6. The van der Waals surface area contributed by atoms with E-state index in [1.807, 2.05) is 22.6 Å². The summed E-state index contributed by atoms with van der Waals surface area (Å²) >= 11 is 0. The second-order valence-corrected chi connectivity index (χ2v) is 16.7. The maximum Gasteiger partial charge on any atom is 0.318 e. The number of hydrogen-bond acceptors (Lipinski definition) is 10. The van der Waals surface area contributed by atoms with Crippen LogP contribution in [0.1, 0.15) is 72.0 Å². The van der Waals surface area contributed by atoms with Crippen molar-refractivity contribution >= 4 is 28.2 Å². The molecule has 4 aromatic rings. The van der Waals surface area contributed by atoms with E-state index in [2.05, 4.69) is 26.6 Å². The van der Waals surface area contributed by atoms with Crippen molar-refractivity contribution in [1.29, 1.82) is 0 Å².